The van der Waals surface area contributed by atoms with E-state index in [4.69, 9.17) is 5.11 Å². The van der Waals surface area contributed by atoms with Crippen LogP contribution in [0.25, 0.3) is 0 Å². The van der Waals surface area contributed by atoms with E-state index in [0.717, 1.165) is 4.31 Å². The summed E-state index contributed by atoms with van der Waals surface area (Å²) in [5.41, 5.74) is 2.27. The number of hydrogen-bond donors (Lipinski definition) is 3. The minimum atomic E-state index is -3.71. The zero-order valence-electron chi connectivity index (χ0n) is 9.34. The fraction of sp³-hybridized carbons (Fsp3) is 0.222. The van der Waals surface area contributed by atoms with Gasteiger partial charge in [-0.15, -0.1) is 4.83 Å². The van der Waals surface area contributed by atoms with E-state index >= 15 is 0 Å². The van der Waals surface area contributed by atoms with E-state index in [-0.39, 0.29) is 11.3 Å². The van der Waals surface area contributed by atoms with E-state index < -0.39 is 16.1 Å². The van der Waals surface area contributed by atoms with Crippen molar-refractivity contribution in [1.29, 1.82) is 0 Å². The predicted octanol–water partition coefficient (Wildman–Crippen LogP) is -0.567. The zero-order chi connectivity index (χ0) is 13.1. The van der Waals surface area contributed by atoms with Crippen LogP contribution in [-0.2, 0) is 10.2 Å². The highest BCUT2D eigenvalue weighted by Gasteiger charge is 2.14. The molecule has 0 spiro atoms. The van der Waals surface area contributed by atoms with E-state index in [9.17, 15) is 13.2 Å². The van der Waals surface area contributed by atoms with Crippen molar-refractivity contribution in [3.63, 3.8) is 0 Å². The number of nitrogens with zero attached hydrogens (tertiary/aromatic N) is 1. The summed E-state index contributed by atoms with van der Waals surface area (Å²) in [5.74, 6) is -0.592. The van der Waals surface area contributed by atoms with Gasteiger partial charge in [0, 0.05) is 19.7 Å². The molecule has 7 nitrogen and oxygen atoms in total. The minimum Gasteiger partial charge on any atom is -0.508 e. The first kappa shape index (κ1) is 13.4. The number of phenols is 1. The van der Waals surface area contributed by atoms with Crippen molar-refractivity contribution in [2.24, 2.45) is 0 Å². The largest absolute Gasteiger partial charge is 0.508 e. The second-order valence-corrected chi connectivity index (χ2v) is 5.28. The van der Waals surface area contributed by atoms with Gasteiger partial charge in [0.2, 0.25) is 0 Å². The molecule has 0 atom stereocenters. The average Bonchev–Trinajstić information content (AvgIpc) is 2.27. The number of hydrogen-bond acceptors (Lipinski definition) is 4. The summed E-state index contributed by atoms with van der Waals surface area (Å²) < 4.78 is 23.5. The van der Waals surface area contributed by atoms with Gasteiger partial charge < -0.3 is 5.11 Å². The Morgan fingerprint density at radius 1 is 1.24 bits per heavy atom. The standard InChI is InChI=1S/C9H13N3O4S/c1-12(2)17(15,16)11-10-9(14)7-3-5-8(13)6-4-7/h3-6,11,13H,1-2H3,(H,10,14). The van der Waals surface area contributed by atoms with E-state index in [1.165, 1.54) is 38.4 Å². The second-order valence-electron chi connectivity index (χ2n) is 3.39. The van der Waals surface area contributed by atoms with Crippen molar-refractivity contribution in [2.45, 2.75) is 0 Å². The molecule has 17 heavy (non-hydrogen) atoms. The molecule has 0 aliphatic heterocycles. The van der Waals surface area contributed by atoms with Gasteiger partial charge in [-0.25, -0.2) is 0 Å². The van der Waals surface area contributed by atoms with Gasteiger partial charge in [0.05, 0.1) is 0 Å². The molecule has 0 heterocycles. The maximum absolute atomic E-state index is 11.5. The molecule has 3 N–H and O–H groups in total. The lowest BCUT2D eigenvalue weighted by atomic mass is 10.2. The minimum absolute atomic E-state index is 0.0235. The number of carbonyl (C=O) groups excluding carboxylic acids is 1. The molecule has 0 bridgehead atoms. The normalized spacial score (nSPS) is 11.5. The first-order valence-corrected chi connectivity index (χ1v) is 6.05. The lowest BCUT2D eigenvalue weighted by Crippen LogP contribution is -2.46. The summed E-state index contributed by atoms with van der Waals surface area (Å²) in [4.78, 5) is 13.4. The van der Waals surface area contributed by atoms with Crippen LogP contribution in [-0.4, -0.2) is 37.8 Å². The Morgan fingerprint density at radius 2 is 1.76 bits per heavy atom. The van der Waals surface area contributed by atoms with Gasteiger partial charge in [-0.3, -0.25) is 10.2 Å². The highest BCUT2D eigenvalue weighted by molar-refractivity contribution is 7.87. The zero-order valence-corrected chi connectivity index (χ0v) is 10.2. The molecule has 1 aromatic rings. The maximum Gasteiger partial charge on any atom is 0.295 e. The Kier molecular flexibility index (Phi) is 4.05. The van der Waals surface area contributed by atoms with Crippen molar-refractivity contribution in [3.05, 3.63) is 29.8 Å². The number of amides is 1. The van der Waals surface area contributed by atoms with Crippen LogP contribution in [0.1, 0.15) is 10.4 Å². The third-order valence-electron chi connectivity index (χ3n) is 1.90. The Morgan fingerprint density at radius 3 is 2.24 bits per heavy atom. The van der Waals surface area contributed by atoms with Crippen molar-refractivity contribution in [3.8, 4) is 5.75 Å². The van der Waals surface area contributed by atoms with Crippen LogP contribution in [0.2, 0.25) is 0 Å². The number of carbonyl (C=O) groups is 1. The van der Waals surface area contributed by atoms with E-state index in [2.05, 4.69) is 0 Å². The van der Waals surface area contributed by atoms with Gasteiger partial charge in [0.15, 0.2) is 0 Å². The van der Waals surface area contributed by atoms with Gasteiger partial charge in [0.1, 0.15) is 5.75 Å². The summed E-state index contributed by atoms with van der Waals surface area (Å²) in [7, 11) is -1.05. The molecular weight excluding hydrogens is 246 g/mol. The number of phenolic OH excluding ortho intramolecular Hbond substituents is 1. The third-order valence-corrected chi connectivity index (χ3v) is 3.23. The SMILES string of the molecule is CN(C)S(=O)(=O)NNC(=O)c1ccc(O)cc1. The summed E-state index contributed by atoms with van der Waals surface area (Å²) in [6.45, 7) is 0. The summed E-state index contributed by atoms with van der Waals surface area (Å²) in [6, 6.07) is 5.40. The first-order valence-electron chi connectivity index (χ1n) is 4.61. The molecular formula is C9H13N3O4S. The summed E-state index contributed by atoms with van der Waals surface area (Å²) >= 11 is 0. The van der Waals surface area contributed by atoms with Gasteiger partial charge in [-0.1, -0.05) is 0 Å². The van der Waals surface area contributed by atoms with Gasteiger partial charge in [-0.2, -0.15) is 12.7 Å². The number of hydrazine groups is 1. The smallest absolute Gasteiger partial charge is 0.295 e. The highest BCUT2D eigenvalue weighted by Crippen LogP contribution is 2.09. The lowest BCUT2D eigenvalue weighted by molar-refractivity contribution is 0.0944. The molecule has 1 amide bonds. The third kappa shape index (κ3) is 3.70. The number of benzene rings is 1. The Labute approximate surface area is 99.2 Å². The molecule has 1 aromatic carbocycles. The van der Waals surface area contributed by atoms with Gasteiger partial charge in [0.25, 0.3) is 16.1 Å². The van der Waals surface area contributed by atoms with Crippen molar-refractivity contribution < 1.29 is 18.3 Å². The number of nitrogens with one attached hydrogen (secondary N) is 2. The molecule has 8 heteroatoms. The first-order chi connectivity index (χ1) is 7.83. The summed E-state index contributed by atoms with van der Waals surface area (Å²) in [5, 5.41) is 9.02. The van der Waals surface area contributed by atoms with Crippen molar-refractivity contribution in [2.75, 3.05) is 14.1 Å². The summed E-state index contributed by atoms with van der Waals surface area (Å²) in [6.07, 6.45) is 0. The van der Waals surface area contributed by atoms with Crippen LogP contribution in [0.4, 0.5) is 0 Å². The van der Waals surface area contributed by atoms with Crippen LogP contribution in [0, 0.1) is 0 Å². The van der Waals surface area contributed by atoms with E-state index in [1.54, 1.807) is 0 Å². The van der Waals surface area contributed by atoms with Crippen LogP contribution in [0.3, 0.4) is 0 Å². The van der Waals surface area contributed by atoms with Crippen molar-refractivity contribution >= 4 is 16.1 Å². The molecule has 0 fully saturated rings. The molecule has 0 radical (unpaired) electrons. The monoisotopic (exact) mass is 259 g/mol. The molecule has 0 aliphatic rings. The van der Waals surface area contributed by atoms with Crippen LogP contribution in [0.15, 0.2) is 24.3 Å². The fourth-order valence-electron chi connectivity index (χ4n) is 0.887. The Bertz CT molecular complexity index is 495. The van der Waals surface area contributed by atoms with Gasteiger partial charge in [-0.05, 0) is 24.3 Å². The molecule has 0 aliphatic carbocycles. The van der Waals surface area contributed by atoms with Crippen LogP contribution >= 0.6 is 0 Å². The topological polar surface area (TPSA) is 98.7 Å². The predicted molar refractivity (Wildman–Crippen MR) is 61.3 cm³/mol. The maximum atomic E-state index is 11.5. The Balaban J connectivity index is 2.65. The fourth-order valence-corrected chi connectivity index (χ4v) is 1.29. The molecule has 0 saturated carbocycles. The number of rotatable bonds is 4. The Hall–Kier alpha value is -1.64. The molecule has 1 rings (SSSR count). The highest BCUT2D eigenvalue weighted by atomic mass is 32.2. The quantitative estimate of drug-likeness (QED) is 0.631. The average molecular weight is 259 g/mol. The van der Waals surface area contributed by atoms with Crippen LogP contribution < -0.4 is 10.3 Å². The van der Waals surface area contributed by atoms with Crippen LogP contribution in [0.5, 0.6) is 5.75 Å². The molecule has 0 unspecified atom stereocenters. The molecule has 0 saturated heterocycles. The molecule has 94 valence electrons. The van der Waals surface area contributed by atoms with E-state index in [0.29, 0.717) is 0 Å². The lowest BCUT2D eigenvalue weighted by Gasteiger charge is -2.12. The number of aromatic hydroxyl groups is 1. The second kappa shape index (κ2) is 5.13. The molecule has 0 aromatic heterocycles. The van der Waals surface area contributed by atoms with Gasteiger partial charge >= 0.3 is 0 Å². The van der Waals surface area contributed by atoms with E-state index in [1.807, 2.05) is 10.3 Å². The van der Waals surface area contributed by atoms with Crippen molar-refractivity contribution in [1.82, 2.24) is 14.6 Å².